The van der Waals surface area contributed by atoms with Crippen molar-refractivity contribution in [2.24, 2.45) is 5.92 Å². The third kappa shape index (κ3) is 4.30. The predicted octanol–water partition coefficient (Wildman–Crippen LogP) is 2.72. The maximum absolute atomic E-state index is 12.7. The van der Waals surface area contributed by atoms with Crippen LogP contribution in [0.1, 0.15) is 51.9 Å². The van der Waals surface area contributed by atoms with Gasteiger partial charge in [0.2, 0.25) is 20.0 Å². The summed E-state index contributed by atoms with van der Waals surface area (Å²) in [6.07, 6.45) is 6.84. The van der Waals surface area contributed by atoms with E-state index in [9.17, 15) is 16.8 Å². The van der Waals surface area contributed by atoms with Gasteiger partial charge in [-0.25, -0.2) is 21.6 Å². The molecule has 1 aliphatic carbocycles. The molecular formula is C18H28N2O4S2. The lowest BCUT2D eigenvalue weighted by molar-refractivity contribution is 0.310. The molecule has 8 heteroatoms. The Bertz CT molecular complexity index is 813. The molecule has 0 aromatic heterocycles. The van der Waals surface area contributed by atoms with Crippen LogP contribution in [0.3, 0.4) is 0 Å². The quantitative estimate of drug-likeness (QED) is 0.824. The first-order chi connectivity index (χ1) is 12.3. The maximum atomic E-state index is 12.7. The molecular weight excluding hydrogens is 372 g/mol. The Balaban J connectivity index is 1.76. The van der Waals surface area contributed by atoms with E-state index >= 15 is 0 Å². The molecule has 2 fully saturated rings. The molecule has 0 amide bonds. The summed E-state index contributed by atoms with van der Waals surface area (Å²) in [6, 6.07) is 5.55. The van der Waals surface area contributed by atoms with Crippen molar-refractivity contribution in [3.8, 4) is 0 Å². The summed E-state index contributed by atoms with van der Waals surface area (Å²) in [4.78, 5) is 0.275. The molecule has 146 valence electrons. The fraction of sp³-hybridized carbons (Fsp3) is 0.667. The van der Waals surface area contributed by atoms with E-state index in [1.54, 1.807) is 0 Å². The molecule has 1 heterocycles. The van der Waals surface area contributed by atoms with Crippen molar-refractivity contribution in [1.29, 1.82) is 0 Å². The molecule has 1 aliphatic heterocycles. The highest BCUT2D eigenvalue weighted by Crippen LogP contribution is 2.26. The first-order valence-corrected chi connectivity index (χ1v) is 12.4. The average Bonchev–Trinajstić information content (AvgIpc) is 2.64. The molecule has 1 aromatic rings. The van der Waals surface area contributed by atoms with Crippen LogP contribution in [0.15, 0.2) is 34.1 Å². The first-order valence-electron chi connectivity index (χ1n) is 9.43. The minimum atomic E-state index is -3.64. The molecule has 0 spiro atoms. The van der Waals surface area contributed by atoms with Gasteiger partial charge in [-0.1, -0.05) is 26.2 Å². The third-order valence-electron chi connectivity index (χ3n) is 5.50. The summed E-state index contributed by atoms with van der Waals surface area (Å²) in [5.74, 6) is 0.317. The number of rotatable bonds is 5. The first kappa shape index (κ1) is 19.8. The van der Waals surface area contributed by atoms with Crippen LogP contribution in [0, 0.1) is 5.92 Å². The van der Waals surface area contributed by atoms with Gasteiger partial charge in [0.15, 0.2) is 0 Å². The Hall–Kier alpha value is -0.960. The van der Waals surface area contributed by atoms with Crippen LogP contribution >= 0.6 is 0 Å². The van der Waals surface area contributed by atoms with E-state index in [4.69, 9.17) is 0 Å². The second-order valence-corrected chi connectivity index (χ2v) is 11.1. The van der Waals surface area contributed by atoms with E-state index in [1.165, 1.54) is 28.6 Å². The number of piperidine rings is 1. The summed E-state index contributed by atoms with van der Waals surface area (Å²) in [6.45, 7) is 3.13. The highest BCUT2D eigenvalue weighted by Gasteiger charge is 2.28. The van der Waals surface area contributed by atoms with Crippen LogP contribution in [0.25, 0.3) is 0 Å². The van der Waals surface area contributed by atoms with Gasteiger partial charge < -0.3 is 0 Å². The van der Waals surface area contributed by atoms with E-state index in [0.717, 1.165) is 44.9 Å². The molecule has 2 aliphatic rings. The van der Waals surface area contributed by atoms with Crippen molar-refractivity contribution in [3.05, 3.63) is 24.3 Å². The van der Waals surface area contributed by atoms with Gasteiger partial charge in [0, 0.05) is 19.1 Å². The fourth-order valence-corrected chi connectivity index (χ4v) is 6.70. The molecule has 2 unspecified atom stereocenters. The van der Waals surface area contributed by atoms with E-state index in [1.807, 2.05) is 0 Å². The molecule has 0 bridgehead atoms. The fourth-order valence-electron chi connectivity index (χ4n) is 3.80. The lowest BCUT2D eigenvalue weighted by Crippen LogP contribution is -2.41. The molecule has 1 saturated carbocycles. The Kier molecular flexibility index (Phi) is 6.06. The standard InChI is InChI=1S/C18H28N2O4S2/c1-15-7-3-4-8-18(15)19-25(21,22)16-9-11-17(12-10-16)26(23,24)20-13-5-2-6-14-20/h9-12,15,18-19H,2-8,13-14H2,1H3. The second kappa shape index (κ2) is 7.96. The van der Waals surface area contributed by atoms with Crippen molar-refractivity contribution in [2.45, 2.75) is 67.7 Å². The minimum Gasteiger partial charge on any atom is -0.208 e. The molecule has 3 rings (SSSR count). The van der Waals surface area contributed by atoms with Gasteiger partial charge >= 0.3 is 0 Å². The van der Waals surface area contributed by atoms with E-state index in [2.05, 4.69) is 11.6 Å². The smallest absolute Gasteiger partial charge is 0.208 e. The lowest BCUT2D eigenvalue weighted by atomic mass is 9.87. The van der Waals surface area contributed by atoms with Crippen LogP contribution in [0.5, 0.6) is 0 Å². The number of hydrogen-bond acceptors (Lipinski definition) is 4. The predicted molar refractivity (Wildman–Crippen MR) is 101 cm³/mol. The molecule has 0 radical (unpaired) electrons. The van der Waals surface area contributed by atoms with Gasteiger partial charge in [-0.3, -0.25) is 0 Å². The summed E-state index contributed by atoms with van der Waals surface area (Å²) in [7, 11) is -7.18. The number of hydrogen-bond donors (Lipinski definition) is 1. The zero-order valence-electron chi connectivity index (χ0n) is 15.2. The van der Waals surface area contributed by atoms with Gasteiger partial charge in [-0.05, 0) is 55.9 Å². The van der Waals surface area contributed by atoms with Crippen molar-refractivity contribution in [3.63, 3.8) is 0 Å². The zero-order valence-corrected chi connectivity index (χ0v) is 16.9. The lowest BCUT2D eigenvalue weighted by Gasteiger charge is -2.29. The summed E-state index contributed by atoms with van der Waals surface area (Å²) < 4.78 is 54.9. The largest absolute Gasteiger partial charge is 0.243 e. The molecule has 1 N–H and O–H groups in total. The molecule has 26 heavy (non-hydrogen) atoms. The van der Waals surface area contributed by atoms with Crippen LogP contribution in [-0.4, -0.2) is 40.3 Å². The third-order valence-corrected chi connectivity index (χ3v) is 8.92. The average molecular weight is 401 g/mol. The van der Waals surface area contributed by atoms with Crippen molar-refractivity contribution in [1.82, 2.24) is 9.03 Å². The van der Waals surface area contributed by atoms with Crippen LogP contribution in [0.4, 0.5) is 0 Å². The van der Waals surface area contributed by atoms with Crippen LogP contribution < -0.4 is 4.72 Å². The van der Waals surface area contributed by atoms with Crippen molar-refractivity contribution in [2.75, 3.05) is 13.1 Å². The summed E-state index contributed by atoms with van der Waals surface area (Å²) in [5.41, 5.74) is 0. The van der Waals surface area contributed by atoms with Crippen molar-refractivity contribution >= 4 is 20.0 Å². The Morgan fingerprint density at radius 3 is 2.04 bits per heavy atom. The highest BCUT2D eigenvalue weighted by atomic mass is 32.2. The Morgan fingerprint density at radius 2 is 1.42 bits per heavy atom. The van der Waals surface area contributed by atoms with E-state index in [-0.39, 0.29) is 15.8 Å². The molecule has 6 nitrogen and oxygen atoms in total. The van der Waals surface area contributed by atoms with Crippen LogP contribution in [-0.2, 0) is 20.0 Å². The second-order valence-electron chi connectivity index (χ2n) is 7.43. The van der Waals surface area contributed by atoms with E-state index < -0.39 is 20.0 Å². The van der Waals surface area contributed by atoms with Gasteiger partial charge in [0.1, 0.15) is 0 Å². The zero-order chi connectivity index (χ0) is 18.8. The van der Waals surface area contributed by atoms with Gasteiger partial charge in [-0.15, -0.1) is 0 Å². The summed E-state index contributed by atoms with van der Waals surface area (Å²) >= 11 is 0. The Morgan fingerprint density at radius 1 is 0.846 bits per heavy atom. The topological polar surface area (TPSA) is 83.5 Å². The SMILES string of the molecule is CC1CCCCC1NS(=O)(=O)c1ccc(S(=O)(=O)N2CCCCC2)cc1. The number of nitrogens with one attached hydrogen (secondary N) is 1. The normalized spacial score (nSPS) is 25.9. The Labute approximate surface area is 157 Å². The number of nitrogens with zero attached hydrogens (tertiary/aromatic N) is 1. The van der Waals surface area contributed by atoms with Gasteiger partial charge in [0.25, 0.3) is 0 Å². The van der Waals surface area contributed by atoms with Gasteiger partial charge in [-0.2, -0.15) is 4.31 Å². The number of sulfonamides is 2. The molecule has 1 aromatic carbocycles. The minimum absolute atomic E-state index is 0.0505. The van der Waals surface area contributed by atoms with Crippen LogP contribution in [0.2, 0.25) is 0 Å². The van der Waals surface area contributed by atoms with Gasteiger partial charge in [0.05, 0.1) is 9.79 Å². The number of benzene rings is 1. The molecule has 2 atom stereocenters. The molecule has 1 saturated heterocycles. The monoisotopic (exact) mass is 400 g/mol. The highest BCUT2D eigenvalue weighted by molar-refractivity contribution is 7.89. The summed E-state index contributed by atoms with van der Waals surface area (Å²) in [5, 5.41) is 0. The van der Waals surface area contributed by atoms with Crippen molar-refractivity contribution < 1.29 is 16.8 Å². The van der Waals surface area contributed by atoms with E-state index in [0.29, 0.717) is 19.0 Å². The maximum Gasteiger partial charge on any atom is 0.243 e.